The van der Waals surface area contributed by atoms with Crippen LogP contribution in [-0.2, 0) is 0 Å². The van der Waals surface area contributed by atoms with Gasteiger partial charge in [0.15, 0.2) is 11.5 Å². The smallest absolute Gasteiger partial charge is 0.275 e. The lowest BCUT2D eigenvalue weighted by atomic mass is 10.2. The van der Waals surface area contributed by atoms with Crippen LogP contribution in [0, 0.1) is 0 Å². The summed E-state index contributed by atoms with van der Waals surface area (Å²) in [5.41, 5.74) is 0.480. The summed E-state index contributed by atoms with van der Waals surface area (Å²) in [5.74, 6) is 0.582. The predicted molar refractivity (Wildman–Crippen MR) is 72.6 cm³/mol. The third-order valence-electron chi connectivity index (χ3n) is 2.55. The third-order valence-corrected chi connectivity index (χ3v) is 3.04. The molecule has 102 valence electrons. The monoisotopic (exact) mass is 311 g/mol. The Bertz CT molecular complexity index is 694. The van der Waals surface area contributed by atoms with Gasteiger partial charge in [-0.25, -0.2) is 4.98 Å². The molecule has 0 aliphatic carbocycles. The first kappa shape index (κ1) is 13.0. The first-order valence-electron chi connectivity index (χ1n) is 5.51. The molecule has 0 unspecified atom stereocenters. The quantitative estimate of drug-likeness (QED) is 0.923. The molecule has 1 N–H and O–H groups in total. The summed E-state index contributed by atoms with van der Waals surface area (Å²) >= 11 is 11.7. The summed E-state index contributed by atoms with van der Waals surface area (Å²) in [6.07, 6.45) is 2.65. The summed E-state index contributed by atoms with van der Waals surface area (Å²) in [7, 11) is 0. The third kappa shape index (κ3) is 2.48. The number of hydrogen-bond acceptors (Lipinski definition) is 5. The van der Waals surface area contributed by atoms with Crippen molar-refractivity contribution in [1.29, 1.82) is 0 Å². The highest BCUT2D eigenvalue weighted by atomic mass is 35.5. The van der Waals surface area contributed by atoms with Crippen molar-refractivity contribution in [1.82, 2.24) is 9.97 Å². The Balaban J connectivity index is 1.86. The second-order valence-electron chi connectivity index (χ2n) is 3.87. The topological polar surface area (TPSA) is 73.3 Å². The Kier molecular flexibility index (Phi) is 3.33. The van der Waals surface area contributed by atoms with Crippen LogP contribution in [0.4, 0.5) is 5.69 Å². The van der Waals surface area contributed by atoms with Gasteiger partial charge >= 0.3 is 0 Å². The highest BCUT2D eigenvalue weighted by Crippen LogP contribution is 2.39. The van der Waals surface area contributed by atoms with Crippen molar-refractivity contribution in [3.8, 4) is 11.5 Å². The largest absolute Gasteiger partial charge is 0.454 e. The number of carbonyl (C=O) groups excluding carboxylic acids is 1. The average Bonchev–Trinajstić information content (AvgIpc) is 2.86. The first-order chi connectivity index (χ1) is 9.63. The molecule has 3 rings (SSSR count). The van der Waals surface area contributed by atoms with Crippen LogP contribution < -0.4 is 14.8 Å². The molecule has 2 heterocycles. The maximum Gasteiger partial charge on any atom is 0.275 e. The van der Waals surface area contributed by atoms with Crippen molar-refractivity contribution in [2.45, 2.75) is 0 Å². The van der Waals surface area contributed by atoms with E-state index in [9.17, 15) is 4.79 Å². The van der Waals surface area contributed by atoms with Gasteiger partial charge in [-0.2, -0.15) is 0 Å². The van der Waals surface area contributed by atoms with Crippen molar-refractivity contribution < 1.29 is 14.3 Å². The number of anilines is 1. The van der Waals surface area contributed by atoms with Crippen LogP contribution in [0.25, 0.3) is 0 Å². The Hall–Kier alpha value is -2.05. The van der Waals surface area contributed by atoms with E-state index >= 15 is 0 Å². The van der Waals surface area contributed by atoms with E-state index in [1.807, 2.05) is 0 Å². The summed E-state index contributed by atoms with van der Waals surface area (Å²) in [4.78, 5) is 19.7. The molecule has 1 aliphatic heterocycles. The number of benzene rings is 1. The van der Waals surface area contributed by atoms with E-state index in [0.717, 1.165) is 0 Å². The highest BCUT2D eigenvalue weighted by molar-refractivity contribution is 6.34. The molecule has 0 radical (unpaired) electrons. The molecule has 1 amide bonds. The second-order valence-corrected chi connectivity index (χ2v) is 4.66. The molecule has 0 saturated carbocycles. The Labute approximate surface area is 123 Å². The lowest BCUT2D eigenvalue weighted by Crippen LogP contribution is -2.14. The van der Waals surface area contributed by atoms with E-state index in [0.29, 0.717) is 22.2 Å². The molecule has 2 aromatic rings. The summed E-state index contributed by atoms with van der Waals surface area (Å²) in [6.45, 7) is 0.128. The normalized spacial score (nSPS) is 12.3. The second kappa shape index (κ2) is 5.15. The van der Waals surface area contributed by atoms with Gasteiger partial charge in [0.1, 0.15) is 10.8 Å². The number of carbonyl (C=O) groups is 1. The van der Waals surface area contributed by atoms with E-state index in [2.05, 4.69) is 15.3 Å². The molecule has 0 bridgehead atoms. The summed E-state index contributed by atoms with van der Waals surface area (Å²) in [5, 5.41) is 3.08. The van der Waals surface area contributed by atoms with Crippen molar-refractivity contribution in [3.05, 3.63) is 40.4 Å². The Morgan fingerprint density at radius 3 is 2.70 bits per heavy atom. The van der Waals surface area contributed by atoms with Gasteiger partial charge in [-0.05, 0) is 0 Å². The summed E-state index contributed by atoms with van der Waals surface area (Å²) in [6, 6.07) is 3.16. The molecule has 0 saturated heterocycles. The van der Waals surface area contributed by atoms with Crippen molar-refractivity contribution >= 4 is 34.8 Å². The number of nitrogens with one attached hydrogen (secondary N) is 1. The minimum absolute atomic E-state index is 0.0891. The number of aromatic nitrogens is 2. The van der Waals surface area contributed by atoms with Crippen LogP contribution in [0.1, 0.15) is 10.5 Å². The molecule has 0 fully saturated rings. The summed E-state index contributed by atoms with van der Waals surface area (Å²) < 4.78 is 10.4. The van der Waals surface area contributed by atoms with E-state index in [1.165, 1.54) is 12.4 Å². The predicted octanol–water partition coefficient (Wildman–Crippen LogP) is 2.76. The fourth-order valence-corrected chi connectivity index (χ4v) is 2.00. The van der Waals surface area contributed by atoms with Crippen LogP contribution in [-0.4, -0.2) is 22.7 Å². The molecular formula is C12H7Cl2N3O3. The average molecular weight is 312 g/mol. The SMILES string of the molecule is O=C(Nc1cc2c(cc1Cl)OCO2)c1cncc(Cl)n1. The van der Waals surface area contributed by atoms with Gasteiger partial charge in [-0.3, -0.25) is 9.78 Å². The van der Waals surface area contributed by atoms with Gasteiger partial charge in [-0.1, -0.05) is 23.2 Å². The lowest BCUT2D eigenvalue weighted by molar-refractivity contribution is 0.102. The molecule has 1 aromatic carbocycles. The molecule has 20 heavy (non-hydrogen) atoms. The van der Waals surface area contributed by atoms with Crippen LogP contribution >= 0.6 is 23.2 Å². The van der Waals surface area contributed by atoms with E-state index in [1.54, 1.807) is 12.1 Å². The van der Waals surface area contributed by atoms with Gasteiger partial charge in [0.25, 0.3) is 5.91 Å². The Morgan fingerprint density at radius 2 is 1.95 bits per heavy atom. The molecule has 1 aromatic heterocycles. The van der Waals surface area contributed by atoms with Crippen LogP contribution in [0.15, 0.2) is 24.5 Å². The number of rotatable bonds is 2. The standard InChI is InChI=1S/C12H7Cl2N3O3/c13-6-1-9-10(20-5-19-9)2-7(6)17-12(18)8-3-15-4-11(14)16-8/h1-4H,5H2,(H,17,18). The lowest BCUT2D eigenvalue weighted by Gasteiger charge is -2.08. The number of ether oxygens (including phenoxy) is 2. The zero-order valence-corrected chi connectivity index (χ0v) is 11.4. The van der Waals surface area contributed by atoms with Gasteiger partial charge in [0.05, 0.1) is 23.1 Å². The van der Waals surface area contributed by atoms with E-state index < -0.39 is 5.91 Å². The van der Waals surface area contributed by atoms with E-state index in [4.69, 9.17) is 32.7 Å². The number of nitrogens with zero attached hydrogens (tertiary/aromatic N) is 2. The number of hydrogen-bond donors (Lipinski definition) is 1. The minimum Gasteiger partial charge on any atom is -0.454 e. The fourth-order valence-electron chi connectivity index (χ4n) is 1.65. The zero-order valence-electron chi connectivity index (χ0n) is 9.89. The molecule has 1 aliphatic rings. The first-order valence-corrected chi connectivity index (χ1v) is 6.27. The maximum absolute atomic E-state index is 12.0. The molecule has 0 atom stereocenters. The molecule has 6 nitrogen and oxygen atoms in total. The molecule has 8 heteroatoms. The van der Waals surface area contributed by atoms with Gasteiger partial charge < -0.3 is 14.8 Å². The van der Waals surface area contributed by atoms with Crippen molar-refractivity contribution in [2.75, 3.05) is 12.1 Å². The zero-order chi connectivity index (χ0) is 14.1. The van der Waals surface area contributed by atoms with Gasteiger partial charge in [-0.15, -0.1) is 0 Å². The van der Waals surface area contributed by atoms with Gasteiger partial charge in [0.2, 0.25) is 6.79 Å². The Morgan fingerprint density at radius 1 is 1.20 bits per heavy atom. The van der Waals surface area contributed by atoms with Crippen molar-refractivity contribution in [3.63, 3.8) is 0 Å². The van der Waals surface area contributed by atoms with Crippen LogP contribution in [0.2, 0.25) is 10.2 Å². The van der Waals surface area contributed by atoms with Crippen LogP contribution in [0.5, 0.6) is 11.5 Å². The van der Waals surface area contributed by atoms with E-state index in [-0.39, 0.29) is 17.6 Å². The minimum atomic E-state index is -0.472. The van der Waals surface area contributed by atoms with Gasteiger partial charge in [0, 0.05) is 12.1 Å². The molecule has 0 spiro atoms. The number of fused-ring (bicyclic) bond motifs is 1. The van der Waals surface area contributed by atoms with Crippen LogP contribution in [0.3, 0.4) is 0 Å². The fraction of sp³-hybridized carbons (Fsp3) is 0.0833. The maximum atomic E-state index is 12.0. The van der Waals surface area contributed by atoms with Crippen molar-refractivity contribution in [2.24, 2.45) is 0 Å². The molecular weight excluding hydrogens is 305 g/mol. The highest BCUT2D eigenvalue weighted by Gasteiger charge is 2.18. The number of amides is 1. The number of halogens is 2.